The van der Waals surface area contributed by atoms with Crippen LogP contribution in [0, 0.1) is 6.92 Å². The third-order valence-corrected chi connectivity index (χ3v) is 7.08. The van der Waals surface area contributed by atoms with Crippen LogP contribution in [0.15, 0.2) is 38.9 Å². The average Bonchev–Trinajstić information content (AvgIpc) is 3.06. The van der Waals surface area contributed by atoms with E-state index in [1.165, 1.54) is 29.5 Å². The minimum atomic E-state index is -4.10. The zero-order valence-electron chi connectivity index (χ0n) is 15.3. The Morgan fingerprint density at radius 1 is 1.38 bits per heavy atom. The molecule has 1 fully saturated rings. The number of aromatic amines is 1. The maximum absolute atomic E-state index is 13.3. The van der Waals surface area contributed by atoms with E-state index in [0.717, 1.165) is 14.5 Å². The van der Waals surface area contributed by atoms with Crippen molar-refractivity contribution >= 4 is 32.3 Å². The van der Waals surface area contributed by atoms with E-state index >= 15 is 0 Å². The zero-order chi connectivity index (χ0) is 20.8. The molecule has 1 aliphatic heterocycles. The lowest BCUT2D eigenvalue weighted by Gasteiger charge is -2.39. The van der Waals surface area contributed by atoms with E-state index in [9.17, 15) is 22.4 Å². The molecule has 154 valence electrons. The number of aromatic nitrogens is 3. The highest BCUT2D eigenvalue weighted by Crippen LogP contribution is 2.22. The van der Waals surface area contributed by atoms with Gasteiger partial charge < -0.3 is 9.72 Å². The number of rotatable bonds is 6. The number of sulfonamides is 1. The molecule has 2 aromatic heterocycles. The number of hydrogen-bond donors (Lipinski definition) is 2. The summed E-state index contributed by atoms with van der Waals surface area (Å²) in [6, 6.07) is 3.77. The lowest BCUT2D eigenvalue weighted by Crippen LogP contribution is -2.63. The molecule has 1 aliphatic rings. The van der Waals surface area contributed by atoms with Gasteiger partial charge in [0.15, 0.2) is 0 Å². The van der Waals surface area contributed by atoms with E-state index in [2.05, 4.69) is 14.7 Å². The second-order valence-corrected chi connectivity index (χ2v) is 9.89. The zero-order valence-corrected chi connectivity index (χ0v) is 16.9. The van der Waals surface area contributed by atoms with E-state index in [-0.39, 0.29) is 35.6 Å². The number of halogens is 1. The number of H-pyrrole nitrogens is 1. The van der Waals surface area contributed by atoms with Crippen molar-refractivity contribution in [2.45, 2.75) is 23.9 Å². The Labute approximate surface area is 168 Å². The van der Waals surface area contributed by atoms with Gasteiger partial charge in [-0.1, -0.05) is 0 Å². The van der Waals surface area contributed by atoms with Gasteiger partial charge in [-0.15, -0.1) is 11.3 Å². The maximum Gasteiger partial charge on any atom is 0.329 e. The number of fused-ring (bicyclic) bond motifs is 1. The summed E-state index contributed by atoms with van der Waals surface area (Å²) >= 11 is 1.35. The fourth-order valence-electron chi connectivity index (χ4n) is 3.03. The van der Waals surface area contributed by atoms with Crippen LogP contribution in [0.25, 0.3) is 10.9 Å². The van der Waals surface area contributed by atoms with Gasteiger partial charge in [-0.3, -0.25) is 9.36 Å². The number of nitrogens with one attached hydrogen (secondary N) is 2. The van der Waals surface area contributed by atoms with Crippen molar-refractivity contribution in [3.63, 3.8) is 0 Å². The quantitative estimate of drug-likeness (QED) is 0.576. The van der Waals surface area contributed by atoms with Crippen LogP contribution in [0.1, 0.15) is 9.88 Å². The second-order valence-electron chi connectivity index (χ2n) is 6.89. The van der Waals surface area contributed by atoms with Crippen molar-refractivity contribution in [2.24, 2.45) is 0 Å². The number of hydrogen-bond acceptors (Lipinski definition) is 7. The molecule has 0 amide bonds. The minimum absolute atomic E-state index is 0.0210. The number of benzene rings is 1. The van der Waals surface area contributed by atoms with Crippen LogP contribution in [0.3, 0.4) is 0 Å². The van der Waals surface area contributed by atoms with Crippen molar-refractivity contribution in [3.8, 4) is 0 Å². The molecule has 12 heteroatoms. The molecule has 29 heavy (non-hydrogen) atoms. The van der Waals surface area contributed by atoms with E-state index in [4.69, 9.17) is 4.74 Å². The number of aryl methyl sites for hydroxylation is 1. The molecular weight excluding hydrogens is 423 g/mol. The summed E-state index contributed by atoms with van der Waals surface area (Å²) in [4.78, 5) is 32.4. The molecule has 1 saturated heterocycles. The van der Waals surface area contributed by atoms with E-state index in [0.29, 0.717) is 0 Å². The first-order chi connectivity index (χ1) is 13.7. The van der Waals surface area contributed by atoms with Crippen molar-refractivity contribution < 1.29 is 17.5 Å². The molecule has 0 unspecified atom stereocenters. The summed E-state index contributed by atoms with van der Waals surface area (Å²) in [6.07, 6.45) is 1.58. The molecule has 4 rings (SSSR count). The van der Waals surface area contributed by atoms with Crippen LogP contribution >= 0.6 is 11.3 Å². The average molecular weight is 440 g/mol. The van der Waals surface area contributed by atoms with Gasteiger partial charge in [-0.2, -0.15) is 4.72 Å². The summed E-state index contributed by atoms with van der Waals surface area (Å²) in [5, 5.41) is 0.833. The summed E-state index contributed by atoms with van der Waals surface area (Å²) in [5.74, 6) is 0. The van der Waals surface area contributed by atoms with Crippen LogP contribution in [0.4, 0.5) is 4.39 Å². The minimum Gasteiger partial charge on any atom is -0.377 e. The smallest absolute Gasteiger partial charge is 0.329 e. The Balaban J connectivity index is 1.77. The molecule has 1 aromatic carbocycles. The van der Waals surface area contributed by atoms with Gasteiger partial charge in [0.2, 0.25) is 10.0 Å². The lowest BCUT2D eigenvalue weighted by atomic mass is 10.0. The van der Waals surface area contributed by atoms with Crippen molar-refractivity contribution in [1.29, 1.82) is 0 Å². The van der Waals surface area contributed by atoms with Crippen LogP contribution in [0.2, 0.25) is 0 Å². The normalized spacial score (nSPS) is 16.1. The Bertz CT molecular complexity index is 1300. The van der Waals surface area contributed by atoms with Gasteiger partial charge in [0.25, 0.3) is 5.56 Å². The highest BCUT2D eigenvalue weighted by molar-refractivity contribution is 7.89. The molecule has 3 aromatic rings. The van der Waals surface area contributed by atoms with Gasteiger partial charge in [0.05, 0.1) is 40.6 Å². The molecule has 0 spiro atoms. The monoisotopic (exact) mass is 440 g/mol. The first-order valence-corrected chi connectivity index (χ1v) is 10.9. The first kappa shape index (κ1) is 19.9. The fourth-order valence-corrected chi connectivity index (χ4v) is 5.19. The van der Waals surface area contributed by atoms with Crippen molar-refractivity contribution in [3.05, 3.63) is 55.1 Å². The van der Waals surface area contributed by atoms with Crippen LogP contribution < -0.4 is 16.0 Å². The highest BCUT2D eigenvalue weighted by Gasteiger charge is 2.42. The highest BCUT2D eigenvalue weighted by atomic mass is 32.2. The van der Waals surface area contributed by atoms with E-state index < -0.39 is 33.5 Å². The summed E-state index contributed by atoms with van der Waals surface area (Å²) < 4.78 is 46.8. The molecule has 0 atom stereocenters. The largest absolute Gasteiger partial charge is 0.377 e. The van der Waals surface area contributed by atoms with E-state index in [1.54, 1.807) is 6.20 Å². The van der Waals surface area contributed by atoms with E-state index in [1.807, 2.05) is 6.92 Å². The maximum atomic E-state index is 13.3. The Morgan fingerprint density at radius 2 is 2.14 bits per heavy atom. The van der Waals surface area contributed by atoms with Crippen molar-refractivity contribution in [2.75, 3.05) is 19.9 Å². The predicted octanol–water partition coefficient (Wildman–Crippen LogP) is 0.520. The standard InChI is InChI=1S/C17H17FN4O5S2/c1-10-19-5-11(28-10)6-22-15(23)13-4-12(2-3-14(13)20-16(22)24)29(25,26)21-17(7-18)8-27-9-17/h2-5,21H,6-9H2,1H3,(H,20,24). The SMILES string of the molecule is Cc1ncc(Cn2c(=O)[nH]c3ccc(S(=O)(=O)NC4(CF)COC4)cc3c2=O)s1. The Hall–Kier alpha value is -2.41. The summed E-state index contributed by atoms with van der Waals surface area (Å²) in [7, 11) is -4.10. The number of nitrogens with zero attached hydrogens (tertiary/aromatic N) is 2. The van der Waals surface area contributed by atoms with Gasteiger partial charge in [-0.05, 0) is 25.1 Å². The third-order valence-electron chi connectivity index (χ3n) is 4.61. The number of ether oxygens (including phenoxy) is 1. The third kappa shape index (κ3) is 3.64. The lowest BCUT2D eigenvalue weighted by molar-refractivity contribution is -0.0725. The molecule has 0 bridgehead atoms. The van der Waals surface area contributed by atoms with Gasteiger partial charge in [0.1, 0.15) is 12.2 Å². The van der Waals surface area contributed by atoms with Crippen molar-refractivity contribution in [1.82, 2.24) is 19.3 Å². The molecule has 2 N–H and O–H groups in total. The second kappa shape index (κ2) is 7.13. The van der Waals surface area contributed by atoms with Crippen LogP contribution in [-0.2, 0) is 21.3 Å². The first-order valence-electron chi connectivity index (χ1n) is 8.59. The summed E-state index contributed by atoms with van der Waals surface area (Å²) in [5.41, 5.74) is -2.31. The Morgan fingerprint density at radius 3 is 2.72 bits per heavy atom. The molecular formula is C17H17FN4O5S2. The van der Waals surface area contributed by atoms with Gasteiger partial charge >= 0.3 is 5.69 Å². The molecule has 0 radical (unpaired) electrons. The Kier molecular flexibility index (Phi) is 4.89. The molecule has 9 nitrogen and oxygen atoms in total. The molecule has 0 saturated carbocycles. The topological polar surface area (TPSA) is 123 Å². The summed E-state index contributed by atoms with van der Waals surface area (Å²) in [6.45, 7) is 0.791. The van der Waals surface area contributed by atoms with Gasteiger partial charge in [-0.25, -0.2) is 22.6 Å². The molecule has 3 heterocycles. The predicted molar refractivity (Wildman–Crippen MR) is 105 cm³/mol. The van der Waals surface area contributed by atoms with Crippen LogP contribution in [0.5, 0.6) is 0 Å². The number of alkyl halides is 1. The number of thiazole rings is 1. The van der Waals surface area contributed by atoms with Gasteiger partial charge in [0, 0.05) is 11.1 Å². The van der Waals surface area contributed by atoms with Crippen LogP contribution in [-0.4, -0.2) is 48.4 Å². The fraction of sp³-hybridized carbons (Fsp3) is 0.353. The molecule has 0 aliphatic carbocycles.